The number of thiophene rings is 2. The summed E-state index contributed by atoms with van der Waals surface area (Å²) in [5.74, 6) is -0.522. The molecule has 0 bridgehead atoms. The highest BCUT2D eigenvalue weighted by Gasteiger charge is 2.18. The highest BCUT2D eigenvalue weighted by Crippen LogP contribution is 2.33. The molecule has 0 aromatic carbocycles. The van der Waals surface area contributed by atoms with E-state index in [1.54, 1.807) is 18.2 Å². The average molecular weight is 335 g/mol. The van der Waals surface area contributed by atoms with Crippen molar-refractivity contribution in [1.82, 2.24) is 0 Å². The lowest BCUT2D eigenvalue weighted by Crippen LogP contribution is -2.02. The van der Waals surface area contributed by atoms with Crippen LogP contribution in [-0.2, 0) is 16.0 Å². The fourth-order valence-corrected chi connectivity index (χ4v) is 3.84. The van der Waals surface area contributed by atoms with E-state index in [-0.39, 0.29) is 18.2 Å². The zero-order valence-corrected chi connectivity index (χ0v) is 12.9. The Morgan fingerprint density at radius 3 is 2.58 bits per heavy atom. The Bertz CT molecular complexity index is 631. The first-order valence-corrected chi connectivity index (χ1v) is 7.55. The van der Waals surface area contributed by atoms with E-state index in [0.29, 0.717) is 19.1 Å². The second kappa shape index (κ2) is 6.05. The van der Waals surface area contributed by atoms with Gasteiger partial charge in [0.1, 0.15) is 4.34 Å². The number of rotatable bonds is 4. The van der Waals surface area contributed by atoms with E-state index in [4.69, 9.17) is 23.2 Å². The maximum Gasteiger partial charge on any atom is 0.310 e. The zero-order valence-electron chi connectivity index (χ0n) is 9.74. The minimum Gasteiger partial charge on any atom is -0.469 e. The standard InChI is InChI=1S/C12H8Cl2O3S2/c1-17-10(15)4-6-2-3-8(18-6)11(16)7-5-9(13)19-12(7)14/h2-3,5H,4H2,1H3. The summed E-state index contributed by atoms with van der Waals surface area (Å²) in [5.41, 5.74) is 0.392. The van der Waals surface area contributed by atoms with Gasteiger partial charge < -0.3 is 4.74 Å². The zero-order chi connectivity index (χ0) is 14.0. The summed E-state index contributed by atoms with van der Waals surface area (Å²) in [5, 5.41) is 0. The first-order chi connectivity index (χ1) is 9.01. The Morgan fingerprint density at radius 2 is 2.00 bits per heavy atom. The van der Waals surface area contributed by atoms with Crippen molar-refractivity contribution in [2.75, 3.05) is 7.11 Å². The molecule has 19 heavy (non-hydrogen) atoms. The Hall–Kier alpha value is -0.880. The van der Waals surface area contributed by atoms with Gasteiger partial charge in [0.25, 0.3) is 0 Å². The molecule has 7 heteroatoms. The molecule has 0 saturated heterocycles. The molecule has 0 aliphatic heterocycles. The second-order valence-electron chi connectivity index (χ2n) is 3.59. The van der Waals surface area contributed by atoms with Gasteiger partial charge in [-0.25, -0.2) is 0 Å². The minimum absolute atomic E-state index is 0.159. The summed E-state index contributed by atoms with van der Waals surface area (Å²) < 4.78 is 5.42. The van der Waals surface area contributed by atoms with E-state index in [1.807, 2.05) is 0 Å². The van der Waals surface area contributed by atoms with Crippen molar-refractivity contribution in [3.8, 4) is 0 Å². The molecule has 0 aliphatic carbocycles. The molecule has 0 amide bonds. The fraction of sp³-hybridized carbons (Fsp3) is 0.167. The molecule has 0 aliphatic rings. The predicted octanol–water partition coefficient (Wildman–Crippen LogP) is 4.06. The van der Waals surface area contributed by atoms with Gasteiger partial charge in [-0.05, 0) is 18.2 Å². The topological polar surface area (TPSA) is 43.4 Å². The van der Waals surface area contributed by atoms with Crippen molar-refractivity contribution in [3.63, 3.8) is 0 Å². The van der Waals surface area contributed by atoms with E-state index >= 15 is 0 Å². The van der Waals surface area contributed by atoms with Gasteiger partial charge in [0.05, 0.1) is 28.3 Å². The number of carbonyl (C=O) groups is 2. The number of esters is 1. The largest absolute Gasteiger partial charge is 0.469 e. The summed E-state index contributed by atoms with van der Waals surface area (Å²) in [6.07, 6.45) is 0.159. The van der Waals surface area contributed by atoms with E-state index in [0.717, 1.165) is 16.2 Å². The van der Waals surface area contributed by atoms with Crippen LogP contribution in [0, 0.1) is 0 Å². The minimum atomic E-state index is -0.336. The molecule has 2 heterocycles. The maximum atomic E-state index is 12.2. The molecule has 2 aromatic heterocycles. The molecule has 3 nitrogen and oxygen atoms in total. The molecular weight excluding hydrogens is 327 g/mol. The van der Waals surface area contributed by atoms with Gasteiger partial charge in [-0.15, -0.1) is 22.7 Å². The van der Waals surface area contributed by atoms with Gasteiger partial charge in [-0.1, -0.05) is 23.2 Å². The molecule has 0 radical (unpaired) electrons. The van der Waals surface area contributed by atoms with Crippen molar-refractivity contribution in [3.05, 3.63) is 42.2 Å². The number of methoxy groups -OCH3 is 1. The molecule has 0 fully saturated rings. The summed E-state index contributed by atoms with van der Waals surface area (Å²) in [6.45, 7) is 0. The van der Waals surface area contributed by atoms with Crippen molar-refractivity contribution in [2.24, 2.45) is 0 Å². The molecule has 0 N–H and O–H groups in total. The van der Waals surface area contributed by atoms with Crippen LogP contribution in [0.3, 0.4) is 0 Å². The molecule has 0 saturated carbocycles. The molecule has 2 aromatic rings. The predicted molar refractivity (Wildman–Crippen MR) is 77.8 cm³/mol. The van der Waals surface area contributed by atoms with Gasteiger partial charge in [-0.3, -0.25) is 9.59 Å². The number of ether oxygens (including phenoxy) is 1. The normalized spacial score (nSPS) is 10.5. The number of ketones is 1. The molecule has 100 valence electrons. The summed E-state index contributed by atoms with van der Waals surface area (Å²) in [7, 11) is 1.33. The molecular formula is C12H8Cl2O3S2. The highest BCUT2D eigenvalue weighted by atomic mass is 35.5. The lowest BCUT2D eigenvalue weighted by atomic mass is 10.2. The SMILES string of the molecule is COC(=O)Cc1ccc(C(=O)c2cc(Cl)sc2Cl)s1. The van der Waals surface area contributed by atoms with Crippen LogP contribution in [0.2, 0.25) is 8.67 Å². The first-order valence-electron chi connectivity index (χ1n) is 5.16. The Balaban J connectivity index is 2.21. The van der Waals surface area contributed by atoms with Crippen molar-refractivity contribution in [2.45, 2.75) is 6.42 Å². The van der Waals surface area contributed by atoms with E-state index in [9.17, 15) is 9.59 Å². The molecule has 0 spiro atoms. The van der Waals surface area contributed by atoms with Gasteiger partial charge >= 0.3 is 5.97 Å². The fourth-order valence-electron chi connectivity index (χ4n) is 1.44. The van der Waals surface area contributed by atoms with Crippen LogP contribution in [0.15, 0.2) is 18.2 Å². The number of hydrogen-bond acceptors (Lipinski definition) is 5. The second-order valence-corrected chi connectivity index (χ2v) is 7.04. The van der Waals surface area contributed by atoms with E-state index in [1.165, 1.54) is 18.4 Å². The maximum absolute atomic E-state index is 12.2. The van der Waals surface area contributed by atoms with E-state index in [2.05, 4.69) is 4.74 Å². The van der Waals surface area contributed by atoms with Crippen LogP contribution in [0.1, 0.15) is 20.1 Å². The van der Waals surface area contributed by atoms with Crippen LogP contribution in [0.5, 0.6) is 0 Å². The van der Waals surface area contributed by atoms with Gasteiger partial charge in [0.2, 0.25) is 5.78 Å². The van der Waals surface area contributed by atoms with Crippen LogP contribution < -0.4 is 0 Å². The third kappa shape index (κ3) is 3.36. The molecule has 0 unspecified atom stereocenters. The Morgan fingerprint density at radius 1 is 1.26 bits per heavy atom. The number of hydrogen-bond donors (Lipinski definition) is 0. The van der Waals surface area contributed by atoms with Crippen LogP contribution in [-0.4, -0.2) is 18.9 Å². The van der Waals surface area contributed by atoms with Gasteiger partial charge in [0.15, 0.2) is 0 Å². The lowest BCUT2D eigenvalue weighted by Gasteiger charge is -1.96. The quantitative estimate of drug-likeness (QED) is 0.625. The van der Waals surface area contributed by atoms with Crippen molar-refractivity contribution in [1.29, 1.82) is 0 Å². The smallest absolute Gasteiger partial charge is 0.310 e. The third-order valence-corrected chi connectivity index (χ3v) is 4.90. The molecule has 2 rings (SSSR count). The monoisotopic (exact) mass is 334 g/mol. The molecule has 0 atom stereocenters. The van der Waals surface area contributed by atoms with Crippen LogP contribution in [0.4, 0.5) is 0 Å². The highest BCUT2D eigenvalue weighted by molar-refractivity contribution is 7.20. The van der Waals surface area contributed by atoms with Gasteiger partial charge in [0, 0.05) is 4.88 Å². The van der Waals surface area contributed by atoms with E-state index < -0.39 is 0 Å². The lowest BCUT2D eigenvalue weighted by molar-refractivity contribution is -0.139. The summed E-state index contributed by atoms with van der Waals surface area (Å²) >= 11 is 14.2. The Kier molecular flexibility index (Phi) is 4.62. The van der Waals surface area contributed by atoms with Crippen molar-refractivity contribution < 1.29 is 14.3 Å². The number of halogens is 2. The van der Waals surface area contributed by atoms with Crippen LogP contribution >= 0.6 is 45.9 Å². The summed E-state index contributed by atoms with van der Waals surface area (Å²) in [4.78, 5) is 24.7. The van der Waals surface area contributed by atoms with Gasteiger partial charge in [-0.2, -0.15) is 0 Å². The van der Waals surface area contributed by atoms with Crippen LogP contribution in [0.25, 0.3) is 0 Å². The van der Waals surface area contributed by atoms with Crippen molar-refractivity contribution >= 4 is 57.6 Å². The average Bonchev–Trinajstić information content (AvgIpc) is 2.95. The Labute approximate surface area is 127 Å². The summed E-state index contributed by atoms with van der Waals surface area (Å²) in [6, 6.07) is 4.96. The number of carbonyl (C=O) groups excluding carboxylic acids is 2. The third-order valence-electron chi connectivity index (χ3n) is 2.33. The first kappa shape index (κ1) is 14.5.